The zero-order valence-corrected chi connectivity index (χ0v) is 14.6. The summed E-state index contributed by atoms with van der Waals surface area (Å²) in [7, 11) is 2.01. The summed E-state index contributed by atoms with van der Waals surface area (Å²) in [4.78, 5) is 1.20. The Hall–Kier alpha value is -2.10. The monoisotopic (exact) mass is 326 g/mol. The lowest BCUT2D eigenvalue weighted by molar-refractivity contribution is -0.540. The highest BCUT2D eigenvalue weighted by molar-refractivity contribution is 7.10. The van der Waals surface area contributed by atoms with E-state index in [1.807, 2.05) is 31.3 Å². The molecule has 120 valence electrons. The van der Waals surface area contributed by atoms with Crippen molar-refractivity contribution in [3.63, 3.8) is 0 Å². The van der Waals surface area contributed by atoms with Crippen LogP contribution in [0.15, 0.2) is 66.6 Å². The number of quaternary nitrogens is 1. The number of nitrogens with two attached hydrogens (primary N) is 1. The number of rotatable bonds is 7. The number of phenolic OH excluding ortho intramolecular Hbond substituents is 1. The Balaban J connectivity index is 2.44. The number of hydrogen-bond donors (Lipinski definition) is 2. The predicted octanol–water partition coefficient (Wildman–Crippen LogP) is 4.38. The molecule has 0 aliphatic carbocycles. The molecule has 0 bridgehead atoms. The minimum Gasteiger partial charge on any atom is -0.508 e. The third kappa shape index (κ3) is 3.81. The van der Waals surface area contributed by atoms with Crippen LogP contribution in [0.1, 0.15) is 23.8 Å². The second kappa shape index (κ2) is 7.44. The molecule has 23 heavy (non-hydrogen) atoms. The van der Waals surface area contributed by atoms with Crippen LogP contribution in [0.3, 0.4) is 0 Å². The lowest BCUT2D eigenvalue weighted by Crippen LogP contribution is -2.73. The minimum absolute atomic E-state index is 0.274. The second-order valence-electron chi connectivity index (χ2n) is 5.76. The van der Waals surface area contributed by atoms with Gasteiger partial charge in [-0.3, -0.25) is 0 Å². The van der Waals surface area contributed by atoms with Gasteiger partial charge in [-0.05, 0) is 41.6 Å². The molecule has 1 heterocycles. The number of aromatic hydroxyl groups is 1. The summed E-state index contributed by atoms with van der Waals surface area (Å²) >= 11 is 1.70. The van der Waals surface area contributed by atoms with Crippen LogP contribution in [0, 0.1) is 0 Å². The highest BCUT2D eigenvalue weighted by Gasteiger charge is 2.31. The van der Waals surface area contributed by atoms with Gasteiger partial charge in [-0.15, -0.1) is 17.9 Å². The lowest BCUT2D eigenvalue weighted by atomic mass is 9.73. The van der Waals surface area contributed by atoms with Crippen LogP contribution in [0.25, 0.3) is 6.08 Å². The van der Waals surface area contributed by atoms with Crippen molar-refractivity contribution in [1.82, 2.24) is 0 Å². The Labute approximate surface area is 142 Å². The summed E-state index contributed by atoms with van der Waals surface area (Å²) in [6, 6.07) is 9.62. The largest absolute Gasteiger partial charge is 0.508 e. The van der Waals surface area contributed by atoms with Crippen molar-refractivity contribution in [2.75, 3.05) is 7.05 Å². The van der Waals surface area contributed by atoms with Crippen LogP contribution < -0.4 is 5.32 Å². The Morgan fingerprint density at radius 1 is 1.39 bits per heavy atom. The molecule has 1 aromatic heterocycles. The second-order valence-corrected chi connectivity index (χ2v) is 6.74. The zero-order chi connectivity index (χ0) is 16.9. The van der Waals surface area contributed by atoms with Gasteiger partial charge in [-0.25, -0.2) is 0 Å². The molecular weight excluding hydrogens is 302 g/mol. The molecule has 0 aliphatic rings. The SMILES string of the molecule is C=CCC(C)(C(=C)/C=C/c1cccs1)c1cc(O)ccc1[NH2+]C. The number of allylic oxidation sites excluding steroid dienone is 3. The Morgan fingerprint density at radius 3 is 2.78 bits per heavy atom. The van der Waals surface area contributed by atoms with E-state index < -0.39 is 0 Å². The van der Waals surface area contributed by atoms with E-state index in [4.69, 9.17) is 0 Å². The van der Waals surface area contributed by atoms with E-state index in [1.54, 1.807) is 17.4 Å². The van der Waals surface area contributed by atoms with Gasteiger partial charge in [0.25, 0.3) is 0 Å². The average molecular weight is 326 g/mol. The van der Waals surface area contributed by atoms with Gasteiger partial charge in [-0.1, -0.05) is 31.7 Å². The summed E-state index contributed by atoms with van der Waals surface area (Å²) in [5.74, 6) is 0.274. The fourth-order valence-electron chi connectivity index (χ4n) is 2.73. The molecule has 3 N–H and O–H groups in total. The van der Waals surface area contributed by atoms with Gasteiger partial charge in [0.15, 0.2) is 0 Å². The maximum absolute atomic E-state index is 9.94. The smallest absolute Gasteiger partial charge is 0.133 e. The maximum atomic E-state index is 9.94. The summed E-state index contributed by atoms with van der Waals surface area (Å²) in [6.45, 7) is 10.4. The summed E-state index contributed by atoms with van der Waals surface area (Å²) in [5, 5.41) is 14.1. The highest BCUT2D eigenvalue weighted by atomic mass is 32.1. The lowest BCUT2D eigenvalue weighted by Gasteiger charge is -2.31. The van der Waals surface area contributed by atoms with Crippen LogP contribution in [0.5, 0.6) is 5.75 Å². The van der Waals surface area contributed by atoms with Crippen molar-refractivity contribution in [2.45, 2.75) is 18.8 Å². The Kier molecular flexibility index (Phi) is 5.59. The molecule has 0 aliphatic heterocycles. The van der Waals surface area contributed by atoms with Crippen molar-refractivity contribution in [3.05, 3.63) is 77.0 Å². The summed E-state index contributed by atoms with van der Waals surface area (Å²) in [6.07, 6.45) is 6.82. The van der Waals surface area contributed by atoms with Crippen molar-refractivity contribution in [3.8, 4) is 5.75 Å². The molecule has 0 amide bonds. The van der Waals surface area contributed by atoms with E-state index in [0.29, 0.717) is 0 Å². The number of phenols is 1. The number of hydrogen-bond acceptors (Lipinski definition) is 2. The van der Waals surface area contributed by atoms with Gasteiger partial charge < -0.3 is 10.4 Å². The minimum atomic E-state index is -0.309. The molecule has 0 saturated heterocycles. The van der Waals surface area contributed by atoms with E-state index in [2.05, 4.69) is 49.0 Å². The first-order valence-electron chi connectivity index (χ1n) is 7.66. The number of thiophene rings is 1. The standard InChI is InChI=1S/C20H23NOS/c1-5-12-20(3,15(2)8-10-17-7-6-13-23-17)18-14-16(22)9-11-19(18)21-4/h5-11,13-14,21-22H,1-2,12H2,3-4H3/p+1/b10-8+. The van der Waals surface area contributed by atoms with E-state index in [9.17, 15) is 5.11 Å². The van der Waals surface area contributed by atoms with Crippen molar-refractivity contribution < 1.29 is 10.4 Å². The fourth-order valence-corrected chi connectivity index (χ4v) is 3.35. The van der Waals surface area contributed by atoms with Gasteiger partial charge in [0.05, 0.1) is 7.05 Å². The Bertz CT molecular complexity index is 715. The van der Waals surface area contributed by atoms with Gasteiger partial charge in [0.1, 0.15) is 11.4 Å². The van der Waals surface area contributed by atoms with Crippen molar-refractivity contribution in [2.24, 2.45) is 0 Å². The summed E-state index contributed by atoms with van der Waals surface area (Å²) < 4.78 is 0. The summed E-state index contributed by atoms with van der Waals surface area (Å²) in [5.41, 5.74) is 2.87. The highest BCUT2D eigenvalue weighted by Crippen LogP contribution is 2.40. The van der Waals surface area contributed by atoms with E-state index in [1.165, 1.54) is 4.88 Å². The van der Waals surface area contributed by atoms with E-state index in [0.717, 1.165) is 23.2 Å². The topological polar surface area (TPSA) is 36.8 Å². The van der Waals surface area contributed by atoms with Crippen LogP contribution in [-0.4, -0.2) is 12.2 Å². The van der Waals surface area contributed by atoms with Crippen molar-refractivity contribution in [1.29, 1.82) is 0 Å². The van der Waals surface area contributed by atoms with Crippen LogP contribution in [0.2, 0.25) is 0 Å². The molecule has 2 aromatic rings. The molecule has 2 nitrogen and oxygen atoms in total. The van der Waals surface area contributed by atoms with Crippen LogP contribution in [0.4, 0.5) is 5.69 Å². The third-order valence-corrected chi connectivity index (χ3v) is 5.03. The van der Waals surface area contributed by atoms with Crippen LogP contribution in [-0.2, 0) is 5.41 Å². The van der Waals surface area contributed by atoms with Gasteiger partial charge in [-0.2, -0.15) is 0 Å². The fraction of sp³-hybridized carbons (Fsp3) is 0.200. The Morgan fingerprint density at radius 2 is 2.17 bits per heavy atom. The van der Waals surface area contributed by atoms with Gasteiger partial charge in [0.2, 0.25) is 0 Å². The quantitative estimate of drug-likeness (QED) is 0.337. The maximum Gasteiger partial charge on any atom is 0.133 e. The molecular formula is C20H24NOS+. The molecule has 0 saturated carbocycles. The third-order valence-electron chi connectivity index (χ3n) is 4.20. The number of benzene rings is 1. The normalized spacial score (nSPS) is 13.8. The van der Waals surface area contributed by atoms with E-state index >= 15 is 0 Å². The first kappa shape index (κ1) is 17.3. The molecule has 0 fully saturated rings. The van der Waals surface area contributed by atoms with Crippen LogP contribution >= 0.6 is 11.3 Å². The molecule has 0 radical (unpaired) electrons. The molecule has 3 heteroatoms. The first-order chi connectivity index (χ1) is 11.0. The van der Waals surface area contributed by atoms with Gasteiger partial charge in [0, 0.05) is 21.9 Å². The molecule has 0 spiro atoms. The molecule has 1 aromatic carbocycles. The predicted molar refractivity (Wildman–Crippen MR) is 100 cm³/mol. The average Bonchev–Trinajstić information content (AvgIpc) is 3.06. The van der Waals surface area contributed by atoms with Crippen molar-refractivity contribution >= 4 is 23.1 Å². The molecule has 2 rings (SSSR count). The van der Waals surface area contributed by atoms with E-state index in [-0.39, 0.29) is 11.2 Å². The van der Waals surface area contributed by atoms with Gasteiger partial charge >= 0.3 is 0 Å². The molecule has 1 atom stereocenters. The first-order valence-corrected chi connectivity index (χ1v) is 8.54. The zero-order valence-electron chi connectivity index (χ0n) is 13.8. The molecule has 1 unspecified atom stereocenters.